The van der Waals surface area contributed by atoms with Gasteiger partial charge in [0.2, 0.25) is 0 Å². The molecular weight excluding hydrogens is 392 g/mol. The Bertz CT molecular complexity index is 1050. The maximum Gasteiger partial charge on any atom is 0.326 e. The molecule has 0 bridgehead atoms. The number of carboxylic acids is 1. The van der Waals surface area contributed by atoms with Gasteiger partial charge < -0.3 is 19.5 Å². The number of hydrogen-bond donors (Lipinski definition) is 1. The number of carbonyl (C=O) groups excluding carboxylic acids is 1. The van der Waals surface area contributed by atoms with E-state index < -0.39 is 12.0 Å². The van der Waals surface area contributed by atoms with Gasteiger partial charge in [-0.2, -0.15) is 0 Å². The molecule has 31 heavy (non-hydrogen) atoms. The normalized spacial score (nSPS) is 15.4. The van der Waals surface area contributed by atoms with Gasteiger partial charge in [0.15, 0.2) is 0 Å². The van der Waals surface area contributed by atoms with Crippen LogP contribution in [0.15, 0.2) is 67.0 Å². The Morgan fingerprint density at radius 2 is 1.71 bits per heavy atom. The van der Waals surface area contributed by atoms with Crippen molar-refractivity contribution in [2.45, 2.75) is 32.0 Å². The summed E-state index contributed by atoms with van der Waals surface area (Å²) in [6, 6.07) is 18.7. The molecule has 2 aromatic carbocycles. The molecule has 7 nitrogen and oxygen atoms in total. The second kappa shape index (κ2) is 9.04. The SMILES string of the molecule is CN(CCc1ccccc1)C(=O)N1Cc2ncn(Cc3ccccc3)c2CC1C(=O)O. The van der Waals surface area contributed by atoms with Crippen LogP contribution >= 0.6 is 0 Å². The van der Waals surface area contributed by atoms with E-state index in [9.17, 15) is 14.7 Å². The zero-order chi connectivity index (χ0) is 21.8. The number of aromatic nitrogens is 2. The number of aliphatic carboxylic acids is 1. The zero-order valence-corrected chi connectivity index (χ0v) is 17.5. The number of hydrogen-bond acceptors (Lipinski definition) is 3. The van der Waals surface area contributed by atoms with Crippen LogP contribution in [0.25, 0.3) is 0 Å². The van der Waals surface area contributed by atoms with E-state index in [0.717, 1.165) is 22.5 Å². The predicted octanol–water partition coefficient (Wildman–Crippen LogP) is 3.04. The lowest BCUT2D eigenvalue weighted by Gasteiger charge is -2.35. The molecule has 0 saturated heterocycles. The predicted molar refractivity (Wildman–Crippen MR) is 117 cm³/mol. The van der Waals surface area contributed by atoms with E-state index in [1.807, 2.05) is 65.2 Å². The molecule has 4 rings (SSSR count). The van der Waals surface area contributed by atoms with E-state index >= 15 is 0 Å². The van der Waals surface area contributed by atoms with Gasteiger partial charge in [-0.15, -0.1) is 0 Å². The van der Waals surface area contributed by atoms with E-state index in [4.69, 9.17) is 0 Å². The molecule has 0 spiro atoms. The molecule has 0 radical (unpaired) electrons. The molecule has 7 heteroatoms. The summed E-state index contributed by atoms with van der Waals surface area (Å²) in [6.45, 7) is 1.34. The van der Waals surface area contributed by atoms with Crippen molar-refractivity contribution in [2.24, 2.45) is 0 Å². The lowest BCUT2D eigenvalue weighted by Crippen LogP contribution is -2.53. The number of amides is 2. The maximum atomic E-state index is 13.1. The Labute approximate surface area is 181 Å². The Morgan fingerprint density at radius 3 is 2.35 bits per heavy atom. The van der Waals surface area contributed by atoms with Gasteiger partial charge in [0.25, 0.3) is 0 Å². The average Bonchev–Trinajstić information content (AvgIpc) is 3.19. The third-order valence-corrected chi connectivity index (χ3v) is 5.75. The van der Waals surface area contributed by atoms with Crippen molar-refractivity contribution in [3.05, 3.63) is 89.5 Å². The monoisotopic (exact) mass is 418 g/mol. The van der Waals surface area contributed by atoms with Crippen molar-refractivity contribution >= 4 is 12.0 Å². The molecule has 1 atom stereocenters. The summed E-state index contributed by atoms with van der Waals surface area (Å²) >= 11 is 0. The number of imidazole rings is 1. The molecule has 1 N–H and O–H groups in total. The molecule has 160 valence electrons. The van der Waals surface area contributed by atoms with Crippen LogP contribution in [0.5, 0.6) is 0 Å². The Hall–Kier alpha value is -3.61. The van der Waals surface area contributed by atoms with Gasteiger partial charge >= 0.3 is 12.0 Å². The van der Waals surface area contributed by atoms with E-state index in [0.29, 0.717) is 19.5 Å². The van der Waals surface area contributed by atoms with Crippen LogP contribution in [0.1, 0.15) is 22.5 Å². The second-order valence-corrected chi connectivity index (χ2v) is 7.88. The van der Waals surface area contributed by atoms with Crippen LogP contribution in [0.2, 0.25) is 0 Å². The van der Waals surface area contributed by atoms with Crippen LogP contribution in [-0.4, -0.2) is 56.1 Å². The summed E-state index contributed by atoms with van der Waals surface area (Å²) in [5, 5.41) is 9.85. The highest BCUT2D eigenvalue weighted by Gasteiger charge is 2.38. The van der Waals surface area contributed by atoms with Crippen molar-refractivity contribution in [3.63, 3.8) is 0 Å². The topological polar surface area (TPSA) is 78.7 Å². The van der Waals surface area contributed by atoms with Gasteiger partial charge in [-0.3, -0.25) is 0 Å². The number of urea groups is 1. The smallest absolute Gasteiger partial charge is 0.326 e. The average molecular weight is 418 g/mol. The van der Waals surface area contributed by atoms with Crippen molar-refractivity contribution in [2.75, 3.05) is 13.6 Å². The fourth-order valence-corrected chi connectivity index (χ4v) is 3.98. The van der Waals surface area contributed by atoms with Crippen LogP contribution in [0.3, 0.4) is 0 Å². The minimum absolute atomic E-state index is 0.197. The van der Waals surface area contributed by atoms with Crippen LogP contribution in [0, 0.1) is 0 Å². The Morgan fingerprint density at radius 1 is 1.06 bits per heavy atom. The number of benzene rings is 2. The van der Waals surface area contributed by atoms with Crippen molar-refractivity contribution in [1.82, 2.24) is 19.4 Å². The van der Waals surface area contributed by atoms with Gasteiger partial charge in [0.05, 0.1) is 18.6 Å². The quantitative estimate of drug-likeness (QED) is 0.667. The largest absolute Gasteiger partial charge is 0.480 e. The number of likely N-dealkylation sites (N-methyl/N-ethyl adjacent to an activating group) is 1. The van der Waals surface area contributed by atoms with E-state index in [2.05, 4.69) is 4.98 Å². The zero-order valence-electron chi connectivity index (χ0n) is 17.5. The molecule has 1 unspecified atom stereocenters. The summed E-state index contributed by atoms with van der Waals surface area (Å²) in [7, 11) is 1.72. The number of carbonyl (C=O) groups is 2. The summed E-state index contributed by atoms with van der Waals surface area (Å²) in [5.41, 5.74) is 3.90. The standard InChI is InChI=1S/C24H26N4O3/c1-26(13-12-18-8-4-2-5-9-18)24(31)28-16-20-21(14-22(28)23(29)30)27(17-25-20)15-19-10-6-3-7-11-19/h2-11,17,22H,12-16H2,1H3,(H,29,30). The highest BCUT2D eigenvalue weighted by Crippen LogP contribution is 2.25. The number of rotatable bonds is 6. The highest BCUT2D eigenvalue weighted by molar-refractivity contribution is 5.83. The molecule has 0 aliphatic carbocycles. The Balaban J connectivity index is 1.49. The molecule has 1 aliphatic heterocycles. The summed E-state index contributed by atoms with van der Waals surface area (Å²) in [6.07, 6.45) is 2.70. The first-order valence-electron chi connectivity index (χ1n) is 10.4. The van der Waals surface area contributed by atoms with Crippen LogP contribution < -0.4 is 0 Å². The number of carboxylic acid groups (broad SMARTS) is 1. The summed E-state index contributed by atoms with van der Waals surface area (Å²) in [5.74, 6) is -0.997. The highest BCUT2D eigenvalue weighted by atomic mass is 16.4. The molecule has 0 saturated carbocycles. The first-order valence-corrected chi connectivity index (χ1v) is 10.4. The molecule has 2 amide bonds. The molecule has 2 heterocycles. The van der Waals surface area contributed by atoms with Gasteiger partial charge in [-0.05, 0) is 17.5 Å². The fourth-order valence-electron chi connectivity index (χ4n) is 3.98. The van der Waals surface area contributed by atoms with Gasteiger partial charge in [0.1, 0.15) is 6.04 Å². The van der Waals surface area contributed by atoms with Crippen molar-refractivity contribution in [3.8, 4) is 0 Å². The third-order valence-electron chi connectivity index (χ3n) is 5.75. The van der Waals surface area contributed by atoms with Crippen LogP contribution in [0.4, 0.5) is 4.79 Å². The van der Waals surface area contributed by atoms with Crippen LogP contribution in [-0.2, 0) is 30.7 Å². The van der Waals surface area contributed by atoms with Gasteiger partial charge in [-0.25, -0.2) is 14.6 Å². The Kier molecular flexibility index (Phi) is 6.02. The van der Waals surface area contributed by atoms with Crippen molar-refractivity contribution in [1.29, 1.82) is 0 Å². The first-order chi connectivity index (χ1) is 15.0. The molecule has 3 aromatic rings. The minimum Gasteiger partial charge on any atom is -0.480 e. The fraction of sp³-hybridized carbons (Fsp3) is 0.292. The lowest BCUT2D eigenvalue weighted by atomic mass is 10.0. The number of fused-ring (bicyclic) bond motifs is 1. The van der Waals surface area contributed by atoms with Crippen molar-refractivity contribution < 1.29 is 14.7 Å². The molecular formula is C24H26N4O3. The number of nitrogens with zero attached hydrogens (tertiary/aromatic N) is 4. The van der Waals surface area contributed by atoms with E-state index in [-0.39, 0.29) is 19.0 Å². The molecule has 0 fully saturated rings. The lowest BCUT2D eigenvalue weighted by molar-refractivity contribution is -0.142. The van der Waals surface area contributed by atoms with Gasteiger partial charge in [0, 0.05) is 32.3 Å². The van der Waals surface area contributed by atoms with Gasteiger partial charge in [-0.1, -0.05) is 60.7 Å². The first kappa shape index (κ1) is 20.7. The van der Waals surface area contributed by atoms with E-state index in [1.54, 1.807) is 18.3 Å². The summed E-state index contributed by atoms with van der Waals surface area (Å²) in [4.78, 5) is 32.6. The second-order valence-electron chi connectivity index (χ2n) is 7.88. The summed E-state index contributed by atoms with van der Waals surface area (Å²) < 4.78 is 1.99. The minimum atomic E-state index is -0.997. The maximum absolute atomic E-state index is 13.1. The third kappa shape index (κ3) is 4.60. The molecule has 1 aromatic heterocycles. The van der Waals surface area contributed by atoms with E-state index in [1.165, 1.54) is 4.90 Å². The molecule has 1 aliphatic rings.